The number of carbonyl (C=O) groups is 2. The number of nitrogens with zero attached hydrogens (tertiary/aromatic N) is 1. The Bertz CT molecular complexity index is 328. The molecule has 0 bridgehead atoms. The van der Waals surface area contributed by atoms with E-state index in [-0.39, 0.29) is 18.0 Å². The van der Waals surface area contributed by atoms with Crippen molar-refractivity contribution in [2.45, 2.75) is 44.2 Å². The second-order valence-corrected chi connectivity index (χ2v) is 4.51. The average Bonchev–Trinajstić information content (AvgIpc) is 3.10. The summed E-state index contributed by atoms with van der Waals surface area (Å²) in [5, 5.41) is 5.14. The Balaban J connectivity index is 1.99. The summed E-state index contributed by atoms with van der Waals surface area (Å²) in [5.74, 6) is -0.330. The topological polar surface area (TPSA) is 78.5 Å². The zero-order valence-electron chi connectivity index (χ0n) is 9.57. The number of nitrogens with one attached hydrogen (secondary N) is 2. The summed E-state index contributed by atoms with van der Waals surface area (Å²) in [6.07, 6.45) is 5.66. The minimum Gasteiger partial charge on any atom is -0.336 e. The van der Waals surface area contributed by atoms with Gasteiger partial charge in [-0.25, -0.2) is 4.79 Å². The highest BCUT2D eigenvalue weighted by atomic mass is 16.2. The number of hydrogen-bond acceptors (Lipinski definition) is 3. The summed E-state index contributed by atoms with van der Waals surface area (Å²) in [6, 6.07) is -0.723. The second-order valence-electron chi connectivity index (χ2n) is 4.51. The van der Waals surface area contributed by atoms with Crippen LogP contribution in [0.4, 0.5) is 4.79 Å². The van der Waals surface area contributed by atoms with Gasteiger partial charge in [0.05, 0.1) is 0 Å². The average molecular weight is 238 g/mol. The van der Waals surface area contributed by atoms with Gasteiger partial charge in [0.15, 0.2) is 0 Å². The van der Waals surface area contributed by atoms with Gasteiger partial charge in [-0.2, -0.15) is 0 Å². The third kappa shape index (κ3) is 2.95. The molecule has 0 aromatic carbocycles. The minimum absolute atomic E-state index is 0.225. The smallest absolute Gasteiger partial charge is 0.324 e. The molecular formula is C11H16N3O3. The van der Waals surface area contributed by atoms with Crippen LogP contribution < -0.4 is 10.6 Å². The monoisotopic (exact) mass is 238 g/mol. The van der Waals surface area contributed by atoms with Crippen LogP contribution in [0, 0.1) is 0 Å². The molecule has 2 N–H and O–H groups in total. The van der Waals surface area contributed by atoms with E-state index < -0.39 is 6.04 Å². The molecule has 1 radical (unpaired) electrons. The Hall–Kier alpha value is -1.59. The first-order valence-electron chi connectivity index (χ1n) is 5.97. The summed E-state index contributed by atoms with van der Waals surface area (Å²) in [5.41, 5.74) is 0. The Kier molecular flexibility index (Phi) is 3.61. The predicted octanol–water partition coefficient (Wildman–Crippen LogP) is -0.104. The number of hydrogen-bond donors (Lipinski definition) is 2. The summed E-state index contributed by atoms with van der Waals surface area (Å²) < 4.78 is 0. The lowest BCUT2D eigenvalue weighted by molar-refractivity contribution is -0.129. The number of likely N-dealkylation sites (tertiary alicyclic amines) is 1. The molecule has 1 atom stereocenters. The summed E-state index contributed by atoms with van der Waals surface area (Å²) >= 11 is 0. The van der Waals surface area contributed by atoms with Crippen molar-refractivity contribution in [2.24, 2.45) is 0 Å². The van der Waals surface area contributed by atoms with Crippen molar-refractivity contribution in [1.82, 2.24) is 15.5 Å². The van der Waals surface area contributed by atoms with Crippen molar-refractivity contribution < 1.29 is 14.4 Å². The van der Waals surface area contributed by atoms with E-state index in [4.69, 9.17) is 0 Å². The Morgan fingerprint density at radius 1 is 1.29 bits per heavy atom. The minimum atomic E-state index is -0.611. The van der Waals surface area contributed by atoms with Crippen LogP contribution in [-0.2, 0) is 9.59 Å². The second kappa shape index (κ2) is 5.16. The van der Waals surface area contributed by atoms with Gasteiger partial charge in [0.2, 0.25) is 0 Å². The van der Waals surface area contributed by atoms with E-state index in [1.807, 2.05) is 0 Å². The van der Waals surface area contributed by atoms with Crippen molar-refractivity contribution in [3.05, 3.63) is 0 Å². The fourth-order valence-electron chi connectivity index (χ4n) is 1.93. The van der Waals surface area contributed by atoms with Gasteiger partial charge in [0, 0.05) is 12.6 Å². The zero-order valence-corrected chi connectivity index (χ0v) is 9.57. The molecule has 6 nitrogen and oxygen atoms in total. The Labute approximate surface area is 99.7 Å². The van der Waals surface area contributed by atoms with Crippen molar-refractivity contribution in [3.63, 3.8) is 0 Å². The Morgan fingerprint density at radius 2 is 2.06 bits per heavy atom. The first kappa shape index (κ1) is 11.9. The molecule has 1 heterocycles. The lowest BCUT2D eigenvalue weighted by atomic mass is 10.1. The van der Waals surface area contributed by atoms with Crippen LogP contribution in [0.2, 0.25) is 0 Å². The van der Waals surface area contributed by atoms with Gasteiger partial charge in [-0.3, -0.25) is 14.5 Å². The van der Waals surface area contributed by atoms with Gasteiger partial charge in [-0.15, -0.1) is 0 Å². The van der Waals surface area contributed by atoms with E-state index in [0.717, 1.165) is 25.7 Å². The van der Waals surface area contributed by atoms with Crippen LogP contribution in [0.5, 0.6) is 0 Å². The predicted molar refractivity (Wildman–Crippen MR) is 59.7 cm³/mol. The largest absolute Gasteiger partial charge is 0.336 e. The highest BCUT2D eigenvalue weighted by molar-refractivity contribution is 5.98. The van der Waals surface area contributed by atoms with E-state index in [1.54, 1.807) is 0 Å². The third-order valence-corrected chi connectivity index (χ3v) is 3.07. The first-order chi connectivity index (χ1) is 8.22. The van der Waals surface area contributed by atoms with Crippen molar-refractivity contribution in [3.8, 4) is 0 Å². The maximum Gasteiger partial charge on any atom is 0.324 e. The number of imide groups is 1. The molecule has 1 aliphatic heterocycles. The van der Waals surface area contributed by atoms with E-state index in [0.29, 0.717) is 13.0 Å². The Morgan fingerprint density at radius 3 is 2.71 bits per heavy atom. The molecule has 93 valence electrons. The molecular weight excluding hydrogens is 222 g/mol. The lowest BCUT2D eigenvalue weighted by Gasteiger charge is -2.22. The summed E-state index contributed by atoms with van der Waals surface area (Å²) in [6.45, 7) is 0.425. The number of urea groups is 1. The van der Waals surface area contributed by atoms with Crippen LogP contribution in [0.15, 0.2) is 0 Å². The molecule has 1 saturated heterocycles. The highest BCUT2D eigenvalue weighted by Crippen LogP contribution is 2.20. The molecule has 2 fully saturated rings. The molecule has 17 heavy (non-hydrogen) atoms. The van der Waals surface area contributed by atoms with Crippen LogP contribution in [0.25, 0.3) is 0 Å². The summed E-state index contributed by atoms with van der Waals surface area (Å²) in [7, 11) is 0. The van der Waals surface area contributed by atoms with E-state index in [9.17, 15) is 14.4 Å². The van der Waals surface area contributed by atoms with Crippen LogP contribution >= 0.6 is 0 Å². The third-order valence-electron chi connectivity index (χ3n) is 3.07. The van der Waals surface area contributed by atoms with Gasteiger partial charge >= 0.3 is 12.4 Å². The van der Waals surface area contributed by atoms with Crippen molar-refractivity contribution >= 4 is 18.3 Å². The van der Waals surface area contributed by atoms with Crippen molar-refractivity contribution in [1.29, 1.82) is 0 Å². The van der Waals surface area contributed by atoms with Gasteiger partial charge in [-0.1, -0.05) is 0 Å². The molecule has 6 heteroatoms. The molecule has 0 aromatic rings. The SMILES string of the molecule is O=[C]N[C@H]1CCCCN(C(=O)NC2CC2)C1=O. The molecule has 0 unspecified atom stereocenters. The van der Waals surface area contributed by atoms with E-state index in [1.165, 1.54) is 11.3 Å². The van der Waals surface area contributed by atoms with Crippen molar-refractivity contribution in [2.75, 3.05) is 6.54 Å². The van der Waals surface area contributed by atoms with Gasteiger partial charge in [-0.05, 0) is 32.1 Å². The highest BCUT2D eigenvalue weighted by Gasteiger charge is 2.33. The standard InChI is InChI=1S/C11H16N3O3/c15-7-12-9-3-1-2-6-14(10(9)16)11(17)13-8-4-5-8/h8-9H,1-6H2,(H,12,15)(H,13,17)/t9-/m0/s1. The lowest BCUT2D eigenvalue weighted by Crippen LogP contribution is -2.51. The maximum absolute atomic E-state index is 12.0. The molecule has 2 aliphatic rings. The molecule has 0 aromatic heterocycles. The van der Waals surface area contributed by atoms with E-state index >= 15 is 0 Å². The molecule has 4 amide bonds. The maximum atomic E-state index is 12.0. The van der Waals surface area contributed by atoms with Crippen LogP contribution in [0.1, 0.15) is 32.1 Å². The number of amides is 4. The van der Waals surface area contributed by atoms with E-state index in [2.05, 4.69) is 10.6 Å². The quantitative estimate of drug-likeness (QED) is 0.674. The van der Waals surface area contributed by atoms with Gasteiger partial charge in [0.1, 0.15) is 6.04 Å². The summed E-state index contributed by atoms with van der Waals surface area (Å²) in [4.78, 5) is 35.3. The number of carbonyl (C=O) groups excluding carboxylic acids is 3. The normalized spacial score (nSPS) is 25.1. The van der Waals surface area contributed by atoms with Gasteiger partial charge in [0.25, 0.3) is 5.91 Å². The number of rotatable bonds is 3. The zero-order chi connectivity index (χ0) is 12.3. The van der Waals surface area contributed by atoms with Crippen LogP contribution in [-0.4, -0.2) is 41.9 Å². The molecule has 2 rings (SSSR count). The molecule has 1 aliphatic carbocycles. The van der Waals surface area contributed by atoms with Crippen LogP contribution in [0.3, 0.4) is 0 Å². The fraction of sp³-hybridized carbons (Fsp3) is 0.727. The molecule has 1 saturated carbocycles. The first-order valence-corrected chi connectivity index (χ1v) is 5.97. The van der Waals surface area contributed by atoms with Gasteiger partial charge < -0.3 is 10.6 Å². The fourth-order valence-corrected chi connectivity index (χ4v) is 1.93. The molecule has 0 spiro atoms.